The standard InChI is InChI=1S/C33H44N8O10S/c1-18(20(3)43)37-31(45)25-14-21-5-7-27(50-11-9-34)23(13-21)24-15-22(6-8-28(24)51-12-10-35)29(32(46)38-19(2)30(44)39-25)41(4)33(47)26(16-42)40-52(48,49)17-36/h5-8,13,15,18-19,25-26,29,40,42H,9-12,14,16,34-35H2,1-4H3,(H,37,45)(H,38,46)(H,39,44)/t18-,19-,25-,26-,29-/m0/s1. The number of rotatable bonds is 14. The van der Waals surface area contributed by atoms with E-state index in [1.54, 1.807) is 22.9 Å². The Balaban J connectivity index is 2.31. The van der Waals surface area contributed by atoms with E-state index < -0.39 is 70.5 Å². The molecule has 4 bridgehead atoms. The summed E-state index contributed by atoms with van der Waals surface area (Å²) in [5.41, 5.74) is 12.9. The van der Waals surface area contributed by atoms with Crippen LogP contribution in [0.15, 0.2) is 36.4 Å². The molecule has 5 atom stereocenters. The summed E-state index contributed by atoms with van der Waals surface area (Å²) >= 11 is 0. The summed E-state index contributed by atoms with van der Waals surface area (Å²) in [5, 5.41) is 27.6. The Hall–Kier alpha value is -5.13. The highest BCUT2D eigenvalue weighted by Crippen LogP contribution is 2.40. The summed E-state index contributed by atoms with van der Waals surface area (Å²) in [7, 11) is -3.48. The van der Waals surface area contributed by atoms with Gasteiger partial charge in [0.1, 0.15) is 48.9 Å². The lowest BCUT2D eigenvalue weighted by atomic mass is 9.93. The molecule has 1 aliphatic heterocycles. The largest absolute Gasteiger partial charge is 0.492 e. The van der Waals surface area contributed by atoms with Crippen LogP contribution in [0.1, 0.15) is 37.9 Å². The third-order valence-corrected chi connectivity index (χ3v) is 8.91. The number of nitrogens with two attached hydrogens (primary N) is 2. The van der Waals surface area contributed by atoms with Gasteiger partial charge in [0.15, 0.2) is 5.78 Å². The van der Waals surface area contributed by atoms with Crippen LogP contribution >= 0.6 is 0 Å². The number of ketones is 1. The first-order chi connectivity index (χ1) is 24.6. The number of fused-ring (bicyclic) bond motifs is 5. The molecule has 3 rings (SSSR count). The van der Waals surface area contributed by atoms with Crippen molar-refractivity contribution < 1.29 is 47.0 Å². The van der Waals surface area contributed by atoms with Crippen molar-refractivity contribution >= 4 is 39.4 Å². The number of carbonyl (C=O) groups excluding carboxylic acids is 5. The summed E-state index contributed by atoms with van der Waals surface area (Å²) in [6.45, 7) is 3.59. The number of Topliss-reactive ketones (excluding diaryl/α,β-unsaturated/α-hetero) is 1. The van der Waals surface area contributed by atoms with E-state index in [0.717, 1.165) is 10.3 Å². The average molecular weight is 745 g/mol. The Labute approximate surface area is 301 Å². The molecule has 9 N–H and O–H groups in total. The number of benzene rings is 2. The number of nitrogens with zero attached hydrogens (tertiary/aromatic N) is 2. The minimum Gasteiger partial charge on any atom is -0.492 e. The van der Waals surface area contributed by atoms with Crippen LogP contribution in [-0.2, 0) is 40.4 Å². The molecule has 1 aliphatic rings. The summed E-state index contributed by atoms with van der Waals surface area (Å²) in [6, 6.07) is 2.76. The quantitative estimate of drug-likeness (QED) is 0.0810. The van der Waals surface area contributed by atoms with Crippen LogP contribution in [0.3, 0.4) is 0 Å². The molecule has 0 aliphatic carbocycles. The molecule has 282 valence electrons. The van der Waals surface area contributed by atoms with Crippen LogP contribution in [0.4, 0.5) is 0 Å². The number of hydrogen-bond acceptors (Lipinski definition) is 13. The number of aliphatic hydroxyl groups is 1. The number of aliphatic hydroxyl groups excluding tert-OH is 1. The number of carbonyl (C=O) groups is 5. The summed E-state index contributed by atoms with van der Waals surface area (Å²) in [4.78, 5) is 67.5. The van der Waals surface area contributed by atoms with Gasteiger partial charge in [0, 0.05) is 37.7 Å². The van der Waals surface area contributed by atoms with Crippen LogP contribution in [0.5, 0.6) is 11.5 Å². The van der Waals surface area contributed by atoms with Crippen molar-refractivity contribution in [2.45, 2.75) is 57.4 Å². The van der Waals surface area contributed by atoms with Gasteiger partial charge in [-0.1, -0.05) is 12.1 Å². The number of likely N-dealkylation sites (N-methyl/N-ethyl adjacent to an activating group) is 1. The van der Waals surface area contributed by atoms with Crippen LogP contribution in [-0.4, -0.2) is 112 Å². The van der Waals surface area contributed by atoms with Crippen molar-refractivity contribution in [1.29, 1.82) is 5.26 Å². The van der Waals surface area contributed by atoms with Crippen molar-refractivity contribution in [3.05, 3.63) is 47.5 Å². The predicted octanol–water partition coefficient (Wildman–Crippen LogP) is -2.07. The summed E-state index contributed by atoms with van der Waals surface area (Å²) in [6.07, 6.45) is -0.0489. The molecule has 19 heteroatoms. The van der Waals surface area contributed by atoms with Crippen molar-refractivity contribution in [2.75, 3.05) is 40.0 Å². The van der Waals surface area contributed by atoms with Crippen molar-refractivity contribution in [3.8, 4) is 28.0 Å². The van der Waals surface area contributed by atoms with E-state index in [-0.39, 0.29) is 44.1 Å². The van der Waals surface area contributed by atoms with Crippen molar-refractivity contribution in [1.82, 2.24) is 25.6 Å². The fraction of sp³-hybridized carbons (Fsp3) is 0.455. The Kier molecular flexibility index (Phi) is 14.6. The first-order valence-electron chi connectivity index (χ1n) is 16.2. The number of thiocyanates is 1. The first-order valence-corrected chi connectivity index (χ1v) is 17.7. The number of amides is 4. The minimum atomic E-state index is -4.65. The highest BCUT2D eigenvalue weighted by Gasteiger charge is 2.36. The molecule has 4 amide bonds. The maximum absolute atomic E-state index is 14.1. The second-order valence-electron chi connectivity index (χ2n) is 12.0. The maximum atomic E-state index is 14.1. The molecule has 2 aromatic rings. The van der Waals surface area contributed by atoms with Crippen LogP contribution in [0.25, 0.3) is 11.1 Å². The van der Waals surface area contributed by atoms with E-state index in [1.165, 1.54) is 46.0 Å². The highest BCUT2D eigenvalue weighted by atomic mass is 32.2. The van der Waals surface area contributed by atoms with Crippen molar-refractivity contribution in [3.63, 3.8) is 0 Å². The van der Waals surface area contributed by atoms with Gasteiger partial charge in [-0.3, -0.25) is 24.0 Å². The zero-order valence-electron chi connectivity index (χ0n) is 29.2. The fourth-order valence-corrected chi connectivity index (χ4v) is 5.85. The molecule has 1 heterocycles. The van der Waals surface area contributed by atoms with Crippen molar-refractivity contribution in [2.24, 2.45) is 11.5 Å². The predicted molar refractivity (Wildman–Crippen MR) is 187 cm³/mol. The molecule has 2 aromatic carbocycles. The number of ether oxygens (including phenoxy) is 2. The Morgan fingerprint density at radius 3 is 2.19 bits per heavy atom. The Morgan fingerprint density at radius 1 is 1.04 bits per heavy atom. The molecule has 0 aromatic heterocycles. The van der Waals surface area contributed by atoms with E-state index >= 15 is 0 Å². The molecule has 0 saturated carbocycles. The third kappa shape index (κ3) is 10.5. The molecule has 0 saturated heterocycles. The molecule has 18 nitrogen and oxygen atoms in total. The van der Waals surface area contributed by atoms with Gasteiger partial charge >= 0.3 is 10.0 Å². The summed E-state index contributed by atoms with van der Waals surface area (Å²) < 4.78 is 37.7. The normalized spacial score (nSPS) is 18.7. The number of hydrogen-bond donors (Lipinski definition) is 7. The van der Waals surface area contributed by atoms with Crippen LogP contribution < -0.4 is 41.6 Å². The van der Waals surface area contributed by atoms with Gasteiger partial charge in [0.2, 0.25) is 29.0 Å². The smallest absolute Gasteiger partial charge is 0.306 e. The SMILES string of the molecule is CC(=O)[C@H](C)NC(=O)[C@@H]1Cc2ccc(OCCN)c(c2)-c2cc(ccc2OCCN)[C@H](N(C)C(=O)[C@H](CO)NS(=O)(=O)C#N)C(=O)N[C@@H](C)C(=O)N1. The first kappa shape index (κ1) is 41.3. The molecule has 0 fully saturated rings. The van der Waals surface area contributed by atoms with E-state index in [1.807, 2.05) is 0 Å². The van der Waals surface area contributed by atoms with Gasteiger partial charge in [-0.05, 0) is 56.2 Å². The molecular weight excluding hydrogens is 700 g/mol. The zero-order valence-corrected chi connectivity index (χ0v) is 30.0. The molecule has 0 unspecified atom stereocenters. The van der Waals surface area contributed by atoms with E-state index in [9.17, 15) is 37.5 Å². The lowest BCUT2D eigenvalue weighted by Gasteiger charge is -2.32. The van der Waals surface area contributed by atoms with Crippen LogP contribution in [0.2, 0.25) is 0 Å². The number of nitrogens with one attached hydrogen (secondary N) is 4. The fourth-order valence-electron chi connectivity index (χ4n) is 5.25. The second kappa shape index (κ2) is 18.4. The molecule has 52 heavy (non-hydrogen) atoms. The minimum absolute atomic E-state index is 0.0489. The maximum Gasteiger partial charge on any atom is 0.306 e. The lowest BCUT2D eigenvalue weighted by molar-refractivity contribution is -0.142. The van der Waals surface area contributed by atoms with E-state index in [0.29, 0.717) is 28.2 Å². The molecular formula is C33H44N8O10S. The van der Waals surface area contributed by atoms with Gasteiger partial charge in [0.25, 0.3) is 0 Å². The topological polar surface area (TPSA) is 285 Å². The number of nitriles is 1. The third-order valence-electron chi connectivity index (χ3n) is 8.08. The molecule has 0 radical (unpaired) electrons. The lowest BCUT2D eigenvalue weighted by Crippen LogP contribution is -2.57. The van der Waals surface area contributed by atoms with Gasteiger partial charge in [0.05, 0.1) is 12.6 Å². The van der Waals surface area contributed by atoms with Crippen LogP contribution in [0, 0.1) is 10.7 Å². The van der Waals surface area contributed by atoms with E-state index in [2.05, 4.69) is 16.0 Å². The van der Waals surface area contributed by atoms with Gasteiger partial charge in [-0.15, -0.1) is 0 Å². The summed E-state index contributed by atoms with van der Waals surface area (Å²) in [5.74, 6) is -3.13. The zero-order chi connectivity index (χ0) is 38.7. The molecule has 0 spiro atoms. The number of sulfonamides is 1. The van der Waals surface area contributed by atoms with Gasteiger partial charge in [-0.2, -0.15) is 18.4 Å². The highest BCUT2D eigenvalue weighted by molar-refractivity contribution is 7.94. The second-order valence-corrected chi connectivity index (χ2v) is 13.4. The monoisotopic (exact) mass is 744 g/mol. The van der Waals surface area contributed by atoms with E-state index in [4.69, 9.17) is 26.2 Å². The Morgan fingerprint density at radius 2 is 1.63 bits per heavy atom. The van der Waals surface area contributed by atoms with Gasteiger partial charge in [-0.25, -0.2) is 0 Å². The average Bonchev–Trinajstić information content (AvgIpc) is 3.11. The van der Waals surface area contributed by atoms with Gasteiger partial charge < -0.3 is 46.9 Å². The Bertz CT molecular complexity index is 1820.